The van der Waals surface area contributed by atoms with Crippen LogP contribution < -0.4 is 5.73 Å². The maximum Gasteiger partial charge on any atom is 0.354 e. The highest BCUT2D eigenvalue weighted by Gasteiger charge is 2.15. The molecule has 0 aliphatic rings. The molecule has 0 radical (unpaired) electrons. The molecule has 0 unspecified atom stereocenters. The molecule has 0 saturated carbocycles. The minimum atomic E-state index is -0.747. The fourth-order valence-electron chi connectivity index (χ4n) is 0.689. The van der Waals surface area contributed by atoms with Crippen LogP contribution in [0.25, 0.3) is 0 Å². The molecule has 78 valence electrons. The molecule has 0 aromatic rings. The standard InChI is InChI=1S/C9H14N2O3/c1-3-5-14-8(11)7(6-10)9(12)13-4-2/h3-5,11H2,1-2H3/b8-7+. The Balaban J connectivity index is 4.51. The number of esters is 1. The first-order valence-corrected chi connectivity index (χ1v) is 4.37. The molecule has 0 atom stereocenters. The van der Waals surface area contributed by atoms with Crippen LogP contribution in [0.3, 0.4) is 0 Å². The Kier molecular flexibility index (Phi) is 5.95. The summed E-state index contributed by atoms with van der Waals surface area (Å²) in [6.45, 7) is 4.11. The maximum absolute atomic E-state index is 11.1. The Labute approximate surface area is 83.1 Å². The van der Waals surface area contributed by atoms with E-state index in [0.717, 1.165) is 6.42 Å². The molecule has 14 heavy (non-hydrogen) atoms. The lowest BCUT2D eigenvalue weighted by atomic mass is 10.3. The summed E-state index contributed by atoms with van der Waals surface area (Å²) in [6.07, 6.45) is 0.752. The monoisotopic (exact) mass is 198 g/mol. The molecule has 0 heterocycles. The average molecular weight is 198 g/mol. The van der Waals surface area contributed by atoms with Gasteiger partial charge in [0.25, 0.3) is 0 Å². The molecule has 0 aliphatic heterocycles. The minimum Gasteiger partial charge on any atom is -0.478 e. The fourth-order valence-corrected chi connectivity index (χ4v) is 0.689. The van der Waals surface area contributed by atoms with E-state index >= 15 is 0 Å². The first-order valence-electron chi connectivity index (χ1n) is 4.37. The van der Waals surface area contributed by atoms with E-state index in [0.29, 0.717) is 6.61 Å². The molecule has 0 saturated heterocycles. The maximum atomic E-state index is 11.1. The van der Waals surface area contributed by atoms with Crippen LogP contribution in [-0.4, -0.2) is 19.2 Å². The molecule has 0 rings (SSSR count). The number of hydrogen-bond acceptors (Lipinski definition) is 5. The molecule has 2 N–H and O–H groups in total. The van der Waals surface area contributed by atoms with Gasteiger partial charge in [-0.15, -0.1) is 0 Å². The second-order valence-corrected chi connectivity index (χ2v) is 2.42. The van der Waals surface area contributed by atoms with Crippen LogP contribution in [-0.2, 0) is 14.3 Å². The van der Waals surface area contributed by atoms with Gasteiger partial charge in [-0.25, -0.2) is 4.79 Å². The average Bonchev–Trinajstić information content (AvgIpc) is 2.16. The normalized spacial score (nSPS) is 11.2. The number of rotatable bonds is 5. The summed E-state index contributed by atoms with van der Waals surface area (Å²) in [5, 5.41) is 8.62. The SMILES string of the molecule is CCCO/C(N)=C(\C#N)C(=O)OCC. The van der Waals surface area contributed by atoms with E-state index in [9.17, 15) is 4.79 Å². The van der Waals surface area contributed by atoms with Gasteiger partial charge >= 0.3 is 5.97 Å². The number of carbonyl (C=O) groups excluding carboxylic acids is 1. The smallest absolute Gasteiger partial charge is 0.354 e. The first kappa shape index (κ1) is 12.3. The Morgan fingerprint density at radius 1 is 1.43 bits per heavy atom. The van der Waals surface area contributed by atoms with Crippen molar-refractivity contribution in [3.63, 3.8) is 0 Å². The third-order valence-corrected chi connectivity index (χ3v) is 1.30. The lowest BCUT2D eigenvalue weighted by molar-refractivity contribution is -0.138. The highest BCUT2D eigenvalue weighted by atomic mass is 16.5. The lowest BCUT2D eigenvalue weighted by Gasteiger charge is -2.06. The minimum absolute atomic E-state index is 0.173. The third-order valence-electron chi connectivity index (χ3n) is 1.30. The molecule has 0 aliphatic carbocycles. The second-order valence-electron chi connectivity index (χ2n) is 2.42. The molecule has 0 aromatic heterocycles. The zero-order valence-corrected chi connectivity index (χ0v) is 8.37. The highest BCUT2D eigenvalue weighted by Crippen LogP contribution is 2.03. The van der Waals surface area contributed by atoms with Gasteiger partial charge in [-0.3, -0.25) is 0 Å². The summed E-state index contributed by atoms with van der Waals surface area (Å²) in [5.41, 5.74) is 5.10. The summed E-state index contributed by atoms with van der Waals surface area (Å²) >= 11 is 0. The molecule has 0 bridgehead atoms. The zero-order chi connectivity index (χ0) is 11.0. The van der Waals surface area contributed by atoms with Crippen LogP contribution in [0.2, 0.25) is 0 Å². The van der Waals surface area contributed by atoms with Crippen molar-refractivity contribution < 1.29 is 14.3 Å². The summed E-state index contributed by atoms with van der Waals surface area (Å²) in [6, 6.07) is 1.65. The Hall–Kier alpha value is -1.70. The van der Waals surface area contributed by atoms with Crippen molar-refractivity contribution in [3.8, 4) is 6.07 Å². The van der Waals surface area contributed by atoms with Gasteiger partial charge in [-0.2, -0.15) is 5.26 Å². The van der Waals surface area contributed by atoms with E-state index in [1.807, 2.05) is 6.92 Å². The molecule has 0 amide bonds. The van der Waals surface area contributed by atoms with E-state index < -0.39 is 5.97 Å². The molecule has 5 nitrogen and oxygen atoms in total. The van der Waals surface area contributed by atoms with Crippen molar-refractivity contribution in [3.05, 3.63) is 11.5 Å². The van der Waals surface area contributed by atoms with Gasteiger partial charge in [0.15, 0.2) is 5.57 Å². The van der Waals surface area contributed by atoms with Crippen molar-refractivity contribution in [2.75, 3.05) is 13.2 Å². The van der Waals surface area contributed by atoms with E-state index in [-0.39, 0.29) is 18.1 Å². The van der Waals surface area contributed by atoms with Crippen LogP contribution in [0.5, 0.6) is 0 Å². The fraction of sp³-hybridized carbons (Fsp3) is 0.556. The van der Waals surface area contributed by atoms with Gasteiger partial charge in [0.2, 0.25) is 5.88 Å². The van der Waals surface area contributed by atoms with Gasteiger partial charge in [0.1, 0.15) is 6.07 Å². The second kappa shape index (κ2) is 6.78. The van der Waals surface area contributed by atoms with Gasteiger partial charge in [0, 0.05) is 0 Å². The molecule has 0 spiro atoms. The largest absolute Gasteiger partial charge is 0.478 e. The molecule has 5 heteroatoms. The number of nitrogens with two attached hydrogens (primary N) is 1. The van der Waals surface area contributed by atoms with Crippen LogP contribution in [0, 0.1) is 11.3 Å². The number of ether oxygens (including phenoxy) is 2. The molecular formula is C9H14N2O3. The van der Waals surface area contributed by atoms with Crippen molar-refractivity contribution in [1.29, 1.82) is 5.26 Å². The number of nitrogens with zero attached hydrogens (tertiary/aromatic N) is 1. The summed E-state index contributed by atoms with van der Waals surface area (Å²) in [7, 11) is 0. The van der Waals surface area contributed by atoms with E-state index in [1.54, 1.807) is 13.0 Å². The molecular weight excluding hydrogens is 184 g/mol. The molecule has 0 aromatic carbocycles. The Morgan fingerprint density at radius 3 is 2.50 bits per heavy atom. The van der Waals surface area contributed by atoms with Crippen molar-refractivity contribution in [2.24, 2.45) is 5.73 Å². The highest BCUT2D eigenvalue weighted by molar-refractivity contribution is 5.93. The van der Waals surface area contributed by atoms with E-state index in [1.165, 1.54) is 0 Å². The number of carbonyl (C=O) groups is 1. The van der Waals surface area contributed by atoms with Gasteiger partial charge in [-0.05, 0) is 13.3 Å². The van der Waals surface area contributed by atoms with Crippen molar-refractivity contribution >= 4 is 5.97 Å². The van der Waals surface area contributed by atoms with Crippen LogP contribution in [0.15, 0.2) is 11.5 Å². The number of nitriles is 1. The van der Waals surface area contributed by atoms with Gasteiger partial charge < -0.3 is 15.2 Å². The van der Waals surface area contributed by atoms with Gasteiger partial charge in [-0.1, -0.05) is 6.92 Å². The predicted octanol–water partition coefficient (Wildman–Crippen LogP) is 0.670. The first-order chi connectivity index (χ1) is 6.67. The quantitative estimate of drug-likeness (QED) is 0.304. The van der Waals surface area contributed by atoms with Crippen LogP contribution in [0.1, 0.15) is 20.3 Å². The Bertz CT molecular complexity index is 266. The van der Waals surface area contributed by atoms with Crippen LogP contribution in [0.4, 0.5) is 0 Å². The van der Waals surface area contributed by atoms with Crippen LogP contribution >= 0.6 is 0 Å². The van der Waals surface area contributed by atoms with Crippen molar-refractivity contribution in [2.45, 2.75) is 20.3 Å². The number of hydrogen-bond donors (Lipinski definition) is 1. The van der Waals surface area contributed by atoms with Crippen molar-refractivity contribution in [1.82, 2.24) is 0 Å². The summed E-state index contributed by atoms with van der Waals surface area (Å²) in [4.78, 5) is 11.1. The third kappa shape index (κ3) is 3.81. The van der Waals surface area contributed by atoms with E-state index in [4.69, 9.17) is 15.7 Å². The van der Waals surface area contributed by atoms with Gasteiger partial charge in [0.05, 0.1) is 13.2 Å². The topological polar surface area (TPSA) is 85.3 Å². The summed E-state index contributed by atoms with van der Waals surface area (Å²) in [5.74, 6) is -0.920. The predicted molar refractivity (Wildman–Crippen MR) is 49.7 cm³/mol. The molecule has 0 fully saturated rings. The van der Waals surface area contributed by atoms with E-state index in [2.05, 4.69) is 4.74 Å². The summed E-state index contributed by atoms with van der Waals surface area (Å²) < 4.78 is 9.56. The lowest BCUT2D eigenvalue weighted by Crippen LogP contribution is -2.15. The Morgan fingerprint density at radius 2 is 2.07 bits per heavy atom. The zero-order valence-electron chi connectivity index (χ0n) is 8.37.